The quantitative estimate of drug-likeness (QED) is 0.469. The van der Waals surface area contributed by atoms with Gasteiger partial charge in [0.2, 0.25) is 11.8 Å². The minimum absolute atomic E-state index is 0.0256. The van der Waals surface area contributed by atoms with Crippen LogP contribution in [0.3, 0.4) is 0 Å². The van der Waals surface area contributed by atoms with Crippen LogP contribution in [0.5, 0.6) is 0 Å². The molecule has 2 rings (SSSR count). The van der Waals surface area contributed by atoms with Gasteiger partial charge in [-0.3, -0.25) is 14.5 Å². The number of hydrogen-bond acceptors (Lipinski definition) is 4. The van der Waals surface area contributed by atoms with Crippen LogP contribution in [-0.4, -0.2) is 32.8 Å². The van der Waals surface area contributed by atoms with Crippen LogP contribution in [0, 0.1) is 0 Å². The summed E-state index contributed by atoms with van der Waals surface area (Å²) in [5.41, 5.74) is 0.562. The van der Waals surface area contributed by atoms with Gasteiger partial charge in [-0.05, 0) is 37.5 Å². The SMILES string of the molecule is CCC1SC(=S)N(CCCCCC(=O)Nc2ccc(Cl)cc2Cl)C1=O. The molecule has 1 N–H and O–H groups in total. The Morgan fingerprint density at radius 3 is 2.72 bits per heavy atom. The zero-order chi connectivity index (χ0) is 18.4. The van der Waals surface area contributed by atoms with Crippen LogP contribution in [-0.2, 0) is 9.59 Å². The van der Waals surface area contributed by atoms with E-state index in [9.17, 15) is 9.59 Å². The predicted molar refractivity (Wildman–Crippen MR) is 110 cm³/mol. The lowest BCUT2D eigenvalue weighted by Gasteiger charge is -2.15. The summed E-state index contributed by atoms with van der Waals surface area (Å²) in [5, 5.41) is 3.70. The molecule has 1 saturated heterocycles. The molecule has 8 heteroatoms. The van der Waals surface area contributed by atoms with Gasteiger partial charge < -0.3 is 5.32 Å². The number of anilines is 1. The number of benzene rings is 1. The first-order valence-corrected chi connectivity index (χ1v) is 10.2. The number of halogens is 2. The first-order valence-electron chi connectivity index (χ1n) is 8.19. The Hall–Kier alpha value is -0.820. The second-order valence-corrected chi connectivity index (χ2v) is 8.43. The molecule has 2 amide bonds. The van der Waals surface area contributed by atoms with E-state index in [4.69, 9.17) is 35.4 Å². The van der Waals surface area contributed by atoms with Crippen LogP contribution < -0.4 is 5.32 Å². The van der Waals surface area contributed by atoms with Crippen molar-refractivity contribution in [1.29, 1.82) is 0 Å². The molecule has 0 aliphatic carbocycles. The summed E-state index contributed by atoms with van der Waals surface area (Å²) < 4.78 is 0.673. The van der Waals surface area contributed by atoms with Gasteiger partial charge in [0.15, 0.2) is 0 Å². The molecule has 1 unspecified atom stereocenters. The summed E-state index contributed by atoms with van der Waals surface area (Å²) in [5.74, 6) is 0.0335. The highest BCUT2D eigenvalue weighted by Crippen LogP contribution is 2.29. The van der Waals surface area contributed by atoms with Gasteiger partial charge in [-0.2, -0.15) is 0 Å². The van der Waals surface area contributed by atoms with Crippen molar-refractivity contribution < 1.29 is 9.59 Å². The largest absolute Gasteiger partial charge is 0.325 e. The van der Waals surface area contributed by atoms with Crippen molar-refractivity contribution in [3.8, 4) is 0 Å². The van der Waals surface area contributed by atoms with E-state index in [1.54, 1.807) is 23.1 Å². The molecule has 0 aromatic heterocycles. The Balaban J connectivity index is 1.67. The average Bonchev–Trinajstić information content (AvgIpc) is 2.84. The third-order valence-corrected chi connectivity index (χ3v) is 6.16. The fourth-order valence-electron chi connectivity index (χ4n) is 2.49. The van der Waals surface area contributed by atoms with E-state index >= 15 is 0 Å². The molecule has 0 bridgehead atoms. The Kier molecular flexibility index (Phi) is 8.00. The number of amides is 2. The van der Waals surface area contributed by atoms with Gasteiger partial charge in [0.05, 0.1) is 16.0 Å². The van der Waals surface area contributed by atoms with Crippen LogP contribution >= 0.6 is 47.2 Å². The molecule has 0 radical (unpaired) electrons. The fraction of sp³-hybridized carbons (Fsp3) is 0.471. The van der Waals surface area contributed by atoms with Crippen LogP contribution in [0.1, 0.15) is 39.0 Å². The first kappa shape index (κ1) is 20.5. The van der Waals surface area contributed by atoms with Crippen LogP contribution in [0.4, 0.5) is 5.69 Å². The number of nitrogens with one attached hydrogen (secondary N) is 1. The van der Waals surface area contributed by atoms with Crippen molar-refractivity contribution in [3.63, 3.8) is 0 Å². The lowest BCUT2D eigenvalue weighted by molar-refractivity contribution is -0.126. The van der Waals surface area contributed by atoms with E-state index in [2.05, 4.69) is 5.32 Å². The molecular formula is C17H20Cl2N2O2S2. The predicted octanol–water partition coefficient (Wildman–Crippen LogP) is 5.13. The van der Waals surface area contributed by atoms with Crippen LogP contribution in [0.15, 0.2) is 18.2 Å². The molecule has 1 aromatic carbocycles. The minimum atomic E-state index is -0.0846. The number of rotatable bonds is 8. The number of unbranched alkanes of at least 4 members (excludes halogenated alkanes) is 2. The molecule has 1 aromatic rings. The van der Waals surface area contributed by atoms with E-state index in [-0.39, 0.29) is 17.1 Å². The zero-order valence-electron chi connectivity index (χ0n) is 13.9. The molecule has 1 aliphatic heterocycles. The highest BCUT2D eigenvalue weighted by atomic mass is 35.5. The molecule has 1 fully saturated rings. The summed E-state index contributed by atoms with van der Waals surface area (Å²) in [6.07, 6.45) is 3.64. The number of thiocarbonyl (C=S) groups is 1. The number of hydrogen-bond donors (Lipinski definition) is 1. The van der Waals surface area contributed by atoms with Crippen molar-refractivity contribution in [1.82, 2.24) is 4.90 Å². The molecule has 0 saturated carbocycles. The fourth-order valence-corrected chi connectivity index (χ4v) is 4.43. The third-order valence-electron chi connectivity index (χ3n) is 3.87. The molecule has 0 spiro atoms. The second-order valence-electron chi connectivity index (χ2n) is 5.75. The molecule has 4 nitrogen and oxygen atoms in total. The van der Waals surface area contributed by atoms with Gasteiger partial charge in [0.25, 0.3) is 0 Å². The van der Waals surface area contributed by atoms with Crippen molar-refractivity contribution in [3.05, 3.63) is 28.2 Å². The van der Waals surface area contributed by atoms with Gasteiger partial charge in [-0.15, -0.1) is 0 Å². The summed E-state index contributed by atoms with van der Waals surface area (Å²) in [6.45, 7) is 2.62. The molecule has 136 valence electrons. The topological polar surface area (TPSA) is 49.4 Å². The number of carbonyl (C=O) groups excluding carboxylic acids is 2. The highest BCUT2D eigenvalue weighted by molar-refractivity contribution is 8.24. The first-order chi connectivity index (χ1) is 11.9. The number of thioether (sulfide) groups is 1. The maximum atomic E-state index is 12.1. The molecule has 25 heavy (non-hydrogen) atoms. The smallest absolute Gasteiger partial charge is 0.241 e. The van der Waals surface area contributed by atoms with Crippen LogP contribution in [0.2, 0.25) is 10.0 Å². The minimum Gasteiger partial charge on any atom is -0.325 e. The van der Waals surface area contributed by atoms with E-state index in [1.165, 1.54) is 11.8 Å². The second kappa shape index (κ2) is 9.76. The maximum Gasteiger partial charge on any atom is 0.241 e. The Bertz CT molecular complexity index is 670. The third kappa shape index (κ3) is 5.84. The summed E-state index contributed by atoms with van der Waals surface area (Å²) in [4.78, 5) is 25.8. The van der Waals surface area contributed by atoms with Crippen molar-refractivity contribution in [2.45, 2.75) is 44.3 Å². The van der Waals surface area contributed by atoms with E-state index < -0.39 is 0 Å². The summed E-state index contributed by atoms with van der Waals surface area (Å²) in [6, 6.07) is 4.96. The lowest BCUT2D eigenvalue weighted by atomic mass is 10.1. The Morgan fingerprint density at radius 1 is 1.32 bits per heavy atom. The van der Waals surface area contributed by atoms with Gasteiger partial charge in [-0.1, -0.05) is 60.5 Å². The normalized spacial score (nSPS) is 17.2. The van der Waals surface area contributed by atoms with Gasteiger partial charge in [0, 0.05) is 18.0 Å². The Morgan fingerprint density at radius 2 is 2.08 bits per heavy atom. The van der Waals surface area contributed by atoms with Crippen molar-refractivity contribution >= 4 is 69.0 Å². The van der Waals surface area contributed by atoms with Crippen LogP contribution in [0.25, 0.3) is 0 Å². The molecule has 1 heterocycles. The van der Waals surface area contributed by atoms with Gasteiger partial charge in [0.1, 0.15) is 4.32 Å². The van der Waals surface area contributed by atoms with E-state index in [0.29, 0.717) is 33.0 Å². The standard InChI is InChI=1S/C17H20Cl2N2O2S2/c1-2-14-16(23)21(17(24)25-14)9-5-3-4-6-15(22)20-13-8-7-11(18)10-12(13)19/h7-8,10,14H,2-6,9H2,1H3,(H,20,22). The van der Waals surface area contributed by atoms with Gasteiger partial charge >= 0.3 is 0 Å². The molecular weight excluding hydrogens is 399 g/mol. The van der Waals surface area contributed by atoms with E-state index in [0.717, 1.165) is 25.7 Å². The van der Waals surface area contributed by atoms with Gasteiger partial charge in [-0.25, -0.2) is 0 Å². The molecule has 1 aliphatic rings. The monoisotopic (exact) mass is 418 g/mol. The number of nitrogens with zero attached hydrogens (tertiary/aromatic N) is 1. The maximum absolute atomic E-state index is 12.1. The number of carbonyl (C=O) groups is 2. The van der Waals surface area contributed by atoms with Crippen molar-refractivity contribution in [2.75, 3.05) is 11.9 Å². The summed E-state index contributed by atoms with van der Waals surface area (Å²) in [7, 11) is 0. The average molecular weight is 419 g/mol. The van der Waals surface area contributed by atoms with E-state index in [1.807, 2.05) is 6.92 Å². The Labute approximate surface area is 167 Å². The summed E-state index contributed by atoms with van der Waals surface area (Å²) >= 11 is 18.6. The molecule has 1 atom stereocenters. The zero-order valence-corrected chi connectivity index (χ0v) is 17.0. The van der Waals surface area contributed by atoms with Crippen molar-refractivity contribution in [2.24, 2.45) is 0 Å². The highest BCUT2D eigenvalue weighted by Gasteiger charge is 2.34. The lowest BCUT2D eigenvalue weighted by Crippen LogP contribution is -2.32.